The lowest BCUT2D eigenvalue weighted by Crippen LogP contribution is -2.32. The lowest BCUT2D eigenvalue weighted by molar-refractivity contribution is -0.143. The molecule has 3 N–H and O–H groups in total. The van der Waals surface area contributed by atoms with Gasteiger partial charge in [-0.15, -0.1) is 0 Å². The van der Waals surface area contributed by atoms with Crippen LogP contribution in [-0.4, -0.2) is 48.4 Å². The van der Waals surface area contributed by atoms with Gasteiger partial charge < -0.3 is 25.2 Å². The van der Waals surface area contributed by atoms with Gasteiger partial charge >= 0.3 is 11.9 Å². The average Bonchev–Trinajstić information content (AvgIpc) is 2.98. The minimum absolute atomic E-state index is 0.296. The molecule has 0 unspecified atom stereocenters. The molecule has 8 heteroatoms. The van der Waals surface area contributed by atoms with Crippen LogP contribution in [0.4, 0.5) is 5.69 Å². The van der Waals surface area contributed by atoms with Crippen LogP contribution in [0.25, 0.3) is 0 Å². The Morgan fingerprint density at radius 2 is 1.61 bits per heavy atom. The summed E-state index contributed by atoms with van der Waals surface area (Å²) in [5.74, 6) is -1.12. The van der Waals surface area contributed by atoms with Gasteiger partial charge in [0.2, 0.25) is 0 Å². The lowest BCUT2D eigenvalue weighted by Gasteiger charge is -2.32. The van der Waals surface area contributed by atoms with Crippen LogP contribution in [0, 0.1) is 0 Å². The van der Waals surface area contributed by atoms with Crippen LogP contribution in [0.5, 0.6) is 5.75 Å². The molecule has 7 nitrogen and oxygen atoms in total. The molecular formula is C23H27ClN2O5. The Morgan fingerprint density at radius 3 is 2.23 bits per heavy atom. The summed E-state index contributed by atoms with van der Waals surface area (Å²) >= 11 is 5.99. The predicted molar refractivity (Wildman–Crippen MR) is 119 cm³/mol. The Bertz CT molecular complexity index is 903. The number of nitrogens with one attached hydrogen (secondary N) is 1. The molecule has 166 valence electrons. The number of benzene rings is 2. The summed E-state index contributed by atoms with van der Waals surface area (Å²) in [6, 6.07) is 12.7. The molecule has 0 fully saturated rings. The Balaban J connectivity index is 0.000000293. The summed E-state index contributed by atoms with van der Waals surface area (Å²) in [6.45, 7) is 4.68. The Morgan fingerprint density at radius 1 is 1.00 bits per heavy atom. The van der Waals surface area contributed by atoms with Crippen LogP contribution >= 0.6 is 11.6 Å². The minimum atomic E-state index is -1.08. The van der Waals surface area contributed by atoms with Crippen molar-refractivity contribution in [3.8, 4) is 5.75 Å². The van der Waals surface area contributed by atoms with E-state index in [1.54, 1.807) is 0 Å². The van der Waals surface area contributed by atoms with Gasteiger partial charge in [-0.1, -0.05) is 23.7 Å². The molecule has 0 saturated carbocycles. The maximum atomic E-state index is 9.64. The van der Waals surface area contributed by atoms with E-state index >= 15 is 0 Å². The standard InChI is InChI=1S/C19H21ClN2O.C4H6O4/c20-17-3-1-14(2-4-17)13-22-9-10-23-19-12-16-6-8-21-7-5-15(16)11-18(19)22;5-3(6)1-2-4(7)8/h1-4,11-12,21H,5-10,13H2;1-2H2,(H,5,6)(H,7,8). The SMILES string of the molecule is Clc1ccc(CN2CCOc3cc4c(cc32)CCNCC4)cc1.O=C(O)CCC(=O)O. The van der Waals surface area contributed by atoms with Crippen molar-refractivity contribution in [3.63, 3.8) is 0 Å². The summed E-state index contributed by atoms with van der Waals surface area (Å²) in [6.07, 6.45) is 1.59. The number of rotatable bonds is 5. The van der Waals surface area contributed by atoms with Crippen molar-refractivity contribution in [2.75, 3.05) is 31.1 Å². The van der Waals surface area contributed by atoms with Crippen molar-refractivity contribution < 1.29 is 24.5 Å². The third-order valence-electron chi connectivity index (χ3n) is 5.22. The van der Waals surface area contributed by atoms with Crippen molar-refractivity contribution in [1.29, 1.82) is 0 Å². The van der Waals surface area contributed by atoms with E-state index in [-0.39, 0.29) is 12.8 Å². The number of carbonyl (C=O) groups is 2. The number of nitrogens with zero attached hydrogens (tertiary/aromatic N) is 1. The molecule has 31 heavy (non-hydrogen) atoms. The number of carboxylic acids is 2. The molecule has 2 heterocycles. The molecule has 0 saturated heterocycles. The second-order valence-corrected chi connectivity index (χ2v) is 7.96. The highest BCUT2D eigenvalue weighted by atomic mass is 35.5. The number of carboxylic acid groups (broad SMARTS) is 2. The fraction of sp³-hybridized carbons (Fsp3) is 0.391. The van der Waals surface area contributed by atoms with Gasteiger partial charge in [0.25, 0.3) is 0 Å². The molecule has 0 aliphatic carbocycles. The Kier molecular flexibility index (Phi) is 8.14. The highest BCUT2D eigenvalue weighted by Crippen LogP contribution is 2.36. The van der Waals surface area contributed by atoms with E-state index in [4.69, 9.17) is 26.6 Å². The maximum Gasteiger partial charge on any atom is 0.303 e. The van der Waals surface area contributed by atoms with Crippen molar-refractivity contribution in [1.82, 2.24) is 5.32 Å². The van der Waals surface area contributed by atoms with Gasteiger partial charge in [-0.05, 0) is 66.9 Å². The van der Waals surface area contributed by atoms with Crippen molar-refractivity contribution in [2.45, 2.75) is 32.2 Å². The summed E-state index contributed by atoms with van der Waals surface area (Å²) in [7, 11) is 0. The zero-order valence-corrected chi connectivity index (χ0v) is 18.0. The molecule has 2 aliphatic rings. The molecular weight excluding hydrogens is 420 g/mol. The van der Waals surface area contributed by atoms with Gasteiger partial charge in [0.15, 0.2) is 0 Å². The second-order valence-electron chi connectivity index (χ2n) is 7.52. The van der Waals surface area contributed by atoms with Gasteiger partial charge in [-0.3, -0.25) is 9.59 Å². The van der Waals surface area contributed by atoms with E-state index in [9.17, 15) is 9.59 Å². The smallest absolute Gasteiger partial charge is 0.303 e. The molecule has 0 aromatic heterocycles. The Hall–Kier alpha value is -2.77. The number of hydrogen-bond donors (Lipinski definition) is 3. The fourth-order valence-corrected chi connectivity index (χ4v) is 3.75. The van der Waals surface area contributed by atoms with E-state index in [0.29, 0.717) is 0 Å². The number of aliphatic carboxylic acids is 2. The molecule has 4 rings (SSSR count). The maximum absolute atomic E-state index is 9.64. The quantitative estimate of drug-likeness (QED) is 0.647. The van der Waals surface area contributed by atoms with Gasteiger partial charge in [-0.2, -0.15) is 0 Å². The minimum Gasteiger partial charge on any atom is -0.490 e. The molecule has 2 aliphatic heterocycles. The summed E-state index contributed by atoms with van der Waals surface area (Å²) in [4.78, 5) is 21.7. The van der Waals surface area contributed by atoms with Crippen LogP contribution in [0.1, 0.15) is 29.5 Å². The molecule has 0 bridgehead atoms. The first-order valence-electron chi connectivity index (χ1n) is 10.3. The van der Waals surface area contributed by atoms with Gasteiger partial charge in [0.05, 0.1) is 25.1 Å². The average molecular weight is 447 g/mol. The van der Waals surface area contributed by atoms with Gasteiger partial charge in [0, 0.05) is 11.6 Å². The largest absolute Gasteiger partial charge is 0.490 e. The molecule has 0 atom stereocenters. The van der Waals surface area contributed by atoms with Crippen molar-refractivity contribution in [2.24, 2.45) is 0 Å². The Labute approximate surface area is 186 Å². The zero-order valence-electron chi connectivity index (χ0n) is 17.3. The normalized spacial score (nSPS) is 14.8. The molecule has 0 spiro atoms. The van der Waals surface area contributed by atoms with Crippen LogP contribution in [0.3, 0.4) is 0 Å². The van der Waals surface area contributed by atoms with Gasteiger partial charge in [-0.25, -0.2) is 0 Å². The summed E-state index contributed by atoms with van der Waals surface area (Å²) in [5, 5.41) is 20.1. The first-order valence-corrected chi connectivity index (χ1v) is 10.7. The summed E-state index contributed by atoms with van der Waals surface area (Å²) in [5.41, 5.74) is 5.40. The van der Waals surface area contributed by atoms with Crippen LogP contribution < -0.4 is 15.0 Å². The van der Waals surface area contributed by atoms with Crippen LogP contribution in [0.2, 0.25) is 5.02 Å². The van der Waals surface area contributed by atoms with E-state index in [1.807, 2.05) is 12.1 Å². The van der Waals surface area contributed by atoms with Crippen molar-refractivity contribution >= 4 is 29.2 Å². The van der Waals surface area contributed by atoms with Gasteiger partial charge in [0.1, 0.15) is 12.4 Å². The van der Waals surface area contributed by atoms with E-state index in [0.717, 1.165) is 56.4 Å². The number of anilines is 1. The van der Waals surface area contributed by atoms with E-state index in [2.05, 4.69) is 34.5 Å². The highest BCUT2D eigenvalue weighted by molar-refractivity contribution is 6.30. The topological polar surface area (TPSA) is 99.1 Å². The number of fused-ring (bicyclic) bond motifs is 2. The van der Waals surface area contributed by atoms with Crippen molar-refractivity contribution in [3.05, 3.63) is 58.1 Å². The van der Waals surface area contributed by atoms with E-state index in [1.165, 1.54) is 22.4 Å². The fourth-order valence-electron chi connectivity index (χ4n) is 3.63. The monoisotopic (exact) mass is 446 g/mol. The molecule has 0 radical (unpaired) electrons. The lowest BCUT2D eigenvalue weighted by atomic mass is 10.00. The summed E-state index contributed by atoms with van der Waals surface area (Å²) < 4.78 is 5.93. The predicted octanol–water partition coefficient (Wildman–Crippen LogP) is 3.36. The molecule has 0 amide bonds. The van der Waals surface area contributed by atoms with Crippen LogP contribution in [-0.2, 0) is 29.0 Å². The highest BCUT2D eigenvalue weighted by Gasteiger charge is 2.21. The third kappa shape index (κ3) is 6.87. The first kappa shape index (κ1) is 22.9. The zero-order chi connectivity index (χ0) is 22.2. The van der Waals surface area contributed by atoms with Crippen LogP contribution in [0.15, 0.2) is 36.4 Å². The van der Waals surface area contributed by atoms with E-state index < -0.39 is 11.9 Å². The number of hydrogen-bond acceptors (Lipinski definition) is 5. The number of ether oxygens (including phenoxy) is 1. The molecule has 2 aromatic carbocycles. The first-order chi connectivity index (χ1) is 14.9. The number of halogens is 1. The second kappa shape index (κ2) is 11.0. The third-order valence-corrected chi connectivity index (χ3v) is 5.47. The molecule has 2 aromatic rings.